The molecule has 0 saturated carbocycles. The quantitative estimate of drug-likeness (QED) is 0.608. The van der Waals surface area contributed by atoms with E-state index >= 15 is 0 Å². The lowest BCUT2D eigenvalue weighted by molar-refractivity contribution is -0.385. The highest BCUT2D eigenvalue weighted by Gasteiger charge is 2.29. The Kier molecular flexibility index (Phi) is 3.89. The molecule has 7 heteroatoms. The van der Waals surface area contributed by atoms with Crippen molar-refractivity contribution in [2.24, 2.45) is 0 Å². The molecule has 0 bridgehead atoms. The number of nitro groups is 1. The predicted molar refractivity (Wildman–Crippen MR) is 74.3 cm³/mol. The van der Waals surface area contributed by atoms with E-state index in [4.69, 9.17) is 4.74 Å². The third-order valence-electron chi connectivity index (χ3n) is 3.22. The molecule has 0 unspecified atom stereocenters. The van der Waals surface area contributed by atoms with E-state index in [2.05, 4.69) is 0 Å². The van der Waals surface area contributed by atoms with Gasteiger partial charge in [-0.3, -0.25) is 14.9 Å². The molecule has 2 rings (SSSR count). The summed E-state index contributed by atoms with van der Waals surface area (Å²) >= 11 is 0. The number of ether oxygens (including phenoxy) is 1. The molecule has 0 spiro atoms. The molecule has 1 aliphatic rings. The lowest BCUT2D eigenvalue weighted by Crippen LogP contribution is -2.36. The molecule has 0 radical (unpaired) electrons. The highest BCUT2D eigenvalue weighted by Crippen LogP contribution is 2.38. The molecule has 1 heterocycles. The summed E-state index contributed by atoms with van der Waals surface area (Å²) < 4.78 is 5.04. The molecule has 0 N–H and O–H groups in total. The fourth-order valence-corrected chi connectivity index (χ4v) is 2.32. The van der Waals surface area contributed by atoms with Gasteiger partial charge in [-0.2, -0.15) is 0 Å². The summed E-state index contributed by atoms with van der Waals surface area (Å²) in [7, 11) is 5.02. The summed E-state index contributed by atoms with van der Waals surface area (Å²) in [5.74, 6) is 0.170. The van der Waals surface area contributed by atoms with Gasteiger partial charge in [0.25, 0.3) is 0 Å². The molecular formula is C13H17N3O4. The van der Waals surface area contributed by atoms with E-state index in [-0.39, 0.29) is 23.9 Å². The van der Waals surface area contributed by atoms with Crippen molar-refractivity contribution in [3.05, 3.63) is 27.8 Å². The van der Waals surface area contributed by atoms with E-state index in [0.29, 0.717) is 18.7 Å². The van der Waals surface area contributed by atoms with Gasteiger partial charge in [0.15, 0.2) is 5.75 Å². The van der Waals surface area contributed by atoms with Crippen LogP contribution in [0.2, 0.25) is 0 Å². The number of nitrogens with zero attached hydrogens (tertiary/aromatic N) is 3. The van der Waals surface area contributed by atoms with Crippen molar-refractivity contribution < 1.29 is 14.5 Å². The van der Waals surface area contributed by atoms with Gasteiger partial charge in [-0.05, 0) is 32.1 Å². The Hall–Kier alpha value is -2.15. The molecule has 1 amide bonds. The molecule has 0 fully saturated rings. The number of hydrogen-bond acceptors (Lipinski definition) is 5. The first-order valence-electron chi connectivity index (χ1n) is 6.24. The van der Waals surface area contributed by atoms with Crippen molar-refractivity contribution in [2.75, 3.05) is 39.2 Å². The lowest BCUT2D eigenvalue weighted by Gasteiger charge is -2.19. The van der Waals surface area contributed by atoms with Crippen molar-refractivity contribution in [2.45, 2.75) is 6.42 Å². The third kappa shape index (κ3) is 2.57. The number of nitro benzene ring substituents is 1. The Bertz CT molecular complexity index is 557. The van der Waals surface area contributed by atoms with Gasteiger partial charge in [0.2, 0.25) is 5.91 Å². The van der Waals surface area contributed by atoms with Gasteiger partial charge < -0.3 is 14.5 Å². The Labute approximate surface area is 116 Å². The number of anilines is 1. The largest absolute Gasteiger partial charge is 0.490 e. The maximum absolute atomic E-state index is 12.1. The number of amides is 1. The number of carbonyl (C=O) groups is 1. The van der Waals surface area contributed by atoms with Gasteiger partial charge >= 0.3 is 5.69 Å². The Morgan fingerprint density at radius 1 is 1.50 bits per heavy atom. The molecular weight excluding hydrogens is 262 g/mol. The summed E-state index contributed by atoms with van der Waals surface area (Å²) in [6.07, 6.45) is 0.683. The standard InChI is InChI=1S/C13H17N3O4/c1-14(2)8-13(17)15-5-4-9-6-12(20-3)11(16(18)19)7-10(9)15/h6-7H,4-5,8H2,1-3H3. The first-order chi connectivity index (χ1) is 9.43. The smallest absolute Gasteiger partial charge is 0.313 e. The van der Waals surface area contributed by atoms with Gasteiger partial charge in [-0.15, -0.1) is 0 Å². The van der Waals surface area contributed by atoms with Crippen LogP contribution in [-0.2, 0) is 11.2 Å². The number of fused-ring (bicyclic) bond motifs is 1. The minimum absolute atomic E-state index is 0.0618. The second-order valence-corrected chi connectivity index (χ2v) is 4.94. The van der Waals surface area contributed by atoms with Crippen molar-refractivity contribution in [1.29, 1.82) is 0 Å². The second-order valence-electron chi connectivity index (χ2n) is 4.94. The Balaban J connectivity index is 2.38. The predicted octanol–water partition coefficient (Wildman–Crippen LogP) is 1.05. The fraction of sp³-hybridized carbons (Fsp3) is 0.462. The number of rotatable bonds is 4. The van der Waals surface area contributed by atoms with Crippen LogP contribution < -0.4 is 9.64 Å². The normalized spacial score (nSPS) is 13.5. The van der Waals surface area contributed by atoms with Crippen LogP contribution in [0, 0.1) is 10.1 Å². The van der Waals surface area contributed by atoms with Gasteiger partial charge in [-0.1, -0.05) is 0 Å². The Morgan fingerprint density at radius 2 is 2.20 bits per heavy atom. The average Bonchev–Trinajstić information content (AvgIpc) is 2.78. The first-order valence-corrected chi connectivity index (χ1v) is 6.24. The summed E-state index contributed by atoms with van der Waals surface area (Å²) in [6, 6.07) is 3.07. The van der Waals surface area contributed by atoms with Crippen LogP contribution in [0.5, 0.6) is 5.75 Å². The van der Waals surface area contributed by atoms with E-state index in [1.54, 1.807) is 15.9 Å². The SMILES string of the molecule is COc1cc2c(cc1[N+](=O)[O-])N(C(=O)CN(C)C)CC2. The zero-order valence-electron chi connectivity index (χ0n) is 11.8. The van der Waals surface area contributed by atoms with Crippen molar-refractivity contribution in [3.8, 4) is 5.75 Å². The third-order valence-corrected chi connectivity index (χ3v) is 3.22. The van der Waals surface area contributed by atoms with E-state index in [0.717, 1.165) is 5.56 Å². The fourth-order valence-electron chi connectivity index (χ4n) is 2.32. The zero-order valence-corrected chi connectivity index (χ0v) is 11.8. The molecule has 0 aromatic heterocycles. The molecule has 108 valence electrons. The topological polar surface area (TPSA) is 75.9 Å². The number of methoxy groups -OCH3 is 1. The molecule has 1 aromatic carbocycles. The Morgan fingerprint density at radius 3 is 2.75 bits per heavy atom. The zero-order chi connectivity index (χ0) is 14.9. The highest BCUT2D eigenvalue weighted by atomic mass is 16.6. The minimum atomic E-state index is -0.494. The maximum Gasteiger partial charge on any atom is 0.313 e. The number of carbonyl (C=O) groups excluding carboxylic acids is 1. The molecule has 20 heavy (non-hydrogen) atoms. The van der Waals surface area contributed by atoms with Crippen molar-refractivity contribution >= 4 is 17.3 Å². The van der Waals surface area contributed by atoms with Crippen LogP contribution in [-0.4, -0.2) is 50.0 Å². The van der Waals surface area contributed by atoms with E-state index in [1.807, 2.05) is 14.1 Å². The van der Waals surface area contributed by atoms with E-state index in [1.165, 1.54) is 13.2 Å². The minimum Gasteiger partial charge on any atom is -0.490 e. The van der Waals surface area contributed by atoms with Crippen LogP contribution in [0.4, 0.5) is 11.4 Å². The van der Waals surface area contributed by atoms with Crippen molar-refractivity contribution in [3.63, 3.8) is 0 Å². The highest BCUT2D eigenvalue weighted by molar-refractivity contribution is 5.97. The number of likely N-dealkylation sites (N-methyl/N-ethyl adjacent to an activating group) is 1. The van der Waals surface area contributed by atoms with Crippen molar-refractivity contribution in [1.82, 2.24) is 4.90 Å². The average molecular weight is 279 g/mol. The summed E-state index contributed by atoms with van der Waals surface area (Å²) in [4.78, 5) is 26.1. The number of hydrogen-bond donors (Lipinski definition) is 0. The van der Waals surface area contributed by atoms with Gasteiger partial charge in [0.05, 0.1) is 24.3 Å². The summed E-state index contributed by atoms with van der Waals surface area (Å²) in [5, 5.41) is 11.0. The van der Waals surface area contributed by atoms with Crippen LogP contribution >= 0.6 is 0 Å². The monoisotopic (exact) mass is 279 g/mol. The molecule has 0 atom stereocenters. The molecule has 1 aliphatic heterocycles. The molecule has 0 saturated heterocycles. The second kappa shape index (κ2) is 5.46. The lowest BCUT2D eigenvalue weighted by atomic mass is 10.1. The van der Waals surface area contributed by atoms with Gasteiger partial charge in [0.1, 0.15) is 0 Å². The van der Waals surface area contributed by atoms with Crippen LogP contribution in [0.3, 0.4) is 0 Å². The van der Waals surface area contributed by atoms with Crippen LogP contribution in [0.25, 0.3) is 0 Å². The summed E-state index contributed by atoms with van der Waals surface area (Å²) in [6.45, 7) is 0.825. The number of benzene rings is 1. The maximum atomic E-state index is 12.1. The van der Waals surface area contributed by atoms with Crippen LogP contribution in [0.15, 0.2) is 12.1 Å². The van der Waals surface area contributed by atoms with Crippen LogP contribution in [0.1, 0.15) is 5.56 Å². The summed E-state index contributed by atoms with van der Waals surface area (Å²) in [5.41, 5.74) is 1.40. The molecule has 1 aromatic rings. The molecule has 0 aliphatic carbocycles. The molecule has 7 nitrogen and oxygen atoms in total. The van der Waals surface area contributed by atoms with E-state index in [9.17, 15) is 14.9 Å². The first kappa shape index (κ1) is 14.3. The van der Waals surface area contributed by atoms with Gasteiger partial charge in [-0.25, -0.2) is 0 Å². The van der Waals surface area contributed by atoms with E-state index < -0.39 is 4.92 Å². The van der Waals surface area contributed by atoms with Gasteiger partial charge in [0, 0.05) is 12.6 Å².